The average molecular weight is 362 g/mol. The molecule has 3 aliphatic rings. The van der Waals surface area contributed by atoms with Crippen LogP contribution < -0.4 is 0 Å². The summed E-state index contributed by atoms with van der Waals surface area (Å²) in [6.45, 7) is 5.38. The van der Waals surface area contributed by atoms with Crippen LogP contribution in [-0.2, 0) is 4.79 Å². The molecule has 3 fully saturated rings. The second-order valence-corrected chi connectivity index (χ2v) is 8.47. The summed E-state index contributed by atoms with van der Waals surface area (Å²) in [6.07, 6.45) is 1.37. The third-order valence-electron chi connectivity index (χ3n) is 6.64. The summed E-state index contributed by atoms with van der Waals surface area (Å²) in [4.78, 5) is 16.7. The summed E-state index contributed by atoms with van der Waals surface area (Å²) in [5.41, 5.74) is 1.22. The molecular formula is C21H28F2N2O. The number of rotatable bonds is 3. The first-order valence-corrected chi connectivity index (χ1v) is 9.85. The Morgan fingerprint density at radius 2 is 1.81 bits per heavy atom. The van der Waals surface area contributed by atoms with Crippen LogP contribution in [-0.4, -0.2) is 47.8 Å². The lowest BCUT2D eigenvalue weighted by Crippen LogP contribution is -2.37. The van der Waals surface area contributed by atoms with Crippen molar-refractivity contribution in [1.82, 2.24) is 9.80 Å². The van der Waals surface area contributed by atoms with Crippen molar-refractivity contribution in [1.29, 1.82) is 0 Å². The first-order valence-electron chi connectivity index (χ1n) is 9.85. The van der Waals surface area contributed by atoms with E-state index in [1.807, 2.05) is 23.1 Å². The first kappa shape index (κ1) is 17.9. The van der Waals surface area contributed by atoms with Crippen LogP contribution >= 0.6 is 0 Å². The van der Waals surface area contributed by atoms with Gasteiger partial charge in [-0.05, 0) is 30.2 Å². The van der Waals surface area contributed by atoms with E-state index in [1.54, 1.807) is 6.92 Å². The Hall–Kier alpha value is -1.49. The molecule has 0 spiro atoms. The number of hydrogen-bond donors (Lipinski definition) is 0. The van der Waals surface area contributed by atoms with Gasteiger partial charge in [-0.25, -0.2) is 8.78 Å². The minimum atomic E-state index is -2.45. The standard InChI is InChI=1S/C21H28F2N2O/c1-15(26)25-13-18-12-24(11-16-7-9-21(22,23)10-8-16)14-19(18)20(25)17-5-3-2-4-6-17/h2-6,16,18-20H,7-14H2,1H3/t18-,19-,20+/m1/s1. The van der Waals surface area contributed by atoms with Crippen molar-refractivity contribution in [2.24, 2.45) is 17.8 Å². The summed E-state index contributed by atoms with van der Waals surface area (Å²) in [7, 11) is 0. The molecule has 2 heterocycles. The monoisotopic (exact) mass is 362 g/mol. The second-order valence-electron chi connectivity index (χ2n) is 8.47. The van der Waals surface area contributed by atoms with E-state index >= 15 is 0 Å². The molecule has 1 aromatic carbocycles. The number of fused-ring (bicyclic) bond motifs is 1. The molecule has 1 aromatic rings. The van der Waals surface area contributed by atoms with Gasteiger partial charge in [-0.15, -0.1) is 0 Å². The molecule has 0 aromatic heterocycles. The smallest absolute Gasteiger partial charge is 0.248 e. The van der Waals surface area contributed by atoms with E-state index in [9.17, 15) is 13.6 Å². The normalized spacial score (nSPS) is 32.0. The van der Waals surface area contributed by atoms with Crippen molar-refractivity contribution in [3.8, 4) is 0 Å². The Morgan fingerprint density at radius 3 is 2.46 bits per heavy atom. The second kappa shape index (κ2) is 6.91. The van der Waals surface area contributed by atoms with Crippen LogP contribution in [0.15, 0.2) is 30.3 Å². The highest BCUT2D eigenvalue weighted by Gasteiger charge is 2.48. The van der Waals surface area contributed by atoms with Gasteiger partial charge in [0.25, 0.3) is 0 Å². The summed E-state index contributed by atoms with van der Waals surface area (Å²) in [5.74, 6) is -0.958. The van der Waals surface area contributed by atoms with Crippen molar-refractivity contribution in [2.75, 3.05) is 26.2 Å². The lowest BCUT2D eigenvalue weighted by molar-refractivity contribution is -0.130. The van der Waals surface area contributed by atoms with Gasteiger partial charge in [0.2, 0.25) is 11.8 Å². The van der Waals surface area contributed by atoms with E-state index in [0.717, 1.165) is 26.2 Å². The molecule has 0 unspecified atom stereocenters. The number of carbonyl (C=O) groups is 1. The van der Waals surface area contributed by atoms with Gasteiger partial charge in [-0.2, -0.15) is 0 Å². The van der Waals surface area contributed by atoms with Crippen LogP contribution in [0.25, 0.3) is 0 Å². The quantitative estimate of drug-likeness (QED) is 0.812. The molecule has 4 rings (SSSR count). The highest BCUT2D eigenvalue weighted by molar-refractivity contribution is 5.74. The highest BCUT2D eigenvalue weighted by atomic mass is 19.3. The molecule has 5 heteroatoms. The molecule has 0 bridgehead atoms. The molecule has 3 atom stereocenters. The number of benzene rings is 1. The molecule has 2 saturated heterocycles. The van der Waals surface area contributed by atoms with Gasteiger partial charge in [0, 0.05) is 51.9 Å². The van der Waals surface area contributed by atoms with Crippen molar-refractivity contribution in [3.63, 3.8) is 0 Å². The Balaban J connectivity index is 1.43. The Kier molecular flexibility index (Phi) is 4.76. The predicted octanol–water partition coefficient (Wildman–Crippen LogP) is 3.96. The number of alkyl halides is 2. The van der Waals surface area contributed by atoms with Crippen LogP contribution in [0.3, 0.4) is 0 Å². The van der Waals surface area contributed by atoms with Crippen LogP contribution in [0.4, 0.5) is 8.78 Å². The fourth-order valence-electron chi connectivity index (χ4n) is 5.34. The maximum atomic E-state index is 13.4. The summed E-state index contributed by atoms with van der Waals surface area (Å²) in [5, 5.41) is 0. The van der Waals surface area contributed by atoms with Crippen molar-refractivity contribution < 1.29 is 13.6 Å². The third kappa shape index (κ3) is 3.51. The van der Waals surface area contributed by atoms with Crippen LogP contribution in [0.1, 0.15) is 44.2 Å². The zero-order chi connectivity index (χ0) is 18.3. The Labute approximate surface area is 154 Å². The van der Waals surface area contributed by atoms with E-state index < -0.39 is 5.92 Å². The first-order chi connectivity index (χ1) is 12.4. The van der Waals surface area contributed by atoms with E-state index in [-0.39, 0.29) is 24.8 Å². The van der Waals surface area contributed by atoms with Crippen molar-refractivity contribution in [3.05, 3.63) is 35.9 Å². The van der Waals surface area contributed by atoms with Crippen LogP contribution in [0.2, 0.25) is 0 Å². The zero-order valence-corrected chi connectivity index (χ0v) is 15.4. The van der Waals surface area contributed by atoms with Gasteiger partial charge in [0.1, 0.15) is 0 Å². The SMILES string of the molecule is CC(=O)N1C[C@H]2CN(CC3CCC(F)(F)CC3)C[C@H]2[C@@H]1c1ccccc1. The maximum Gasteiger partial charge on any atom is 0.248 e. The lowest BCUT2D eigenvalue weighted by atomic mass is 9.86. The lowest BCUT2D eigenvalue weighted by Gasteiger charge is -2.33. The number of carbonyl (C=O) groups excluding carboxylic acids is 1. The topological polar surface area (TPSA) is 23.6 Å². The maximum absolute atomic E-state index is 13.4. The minimum absolute atomic E-state index is 0.0448. The largest absolute Gasteiger partial charge is 0.335 e. The van der Waals surface area contributed by atoms with Crippen LogP contribution in [0.5, 0.6) is 0 Å². The predicted molar refractivity (Wildman–Crippen MR) is 96.9 cm³/mol. The van der Waals surface area contributed by atoms with E-state index in [0.29, 0.717) is 30.6 Å². The molecule has 3 nitrogen and oxygen atoms in total. The third-order valence-corrected chi connectivity index (χ3v) is 6.64. The summed E-state index contributed by atoms with van der Waals surface area (Å²) >= 11 is 0. The Morgan fingerprint density at radius 1 is 1.12 bits per heavy atom. The van der Waals surface area contributed by atoms with E-state index in [1.165, 1.54) is 5.56 Å². The molecular weight excluding hydrogens is 334 g/mol. The summed E-state index contributed by atoms with van der Waals surface area (Å²) in [6, 6.07) is 10.5. The fourth-order valence-corrected chi connectivity index (χ4v) is 5.34. The number of halogens is 2. The zero-order valence-electron chi connectivity index (χ0n) is 15.4. The molecule has 142 valence electrons. The van der Waals surface area contributed by atoms with Crippen molar-refractivity contribution in [2.45, 2.75) is 44.6 Å². The van der Waals surface area contributed by atoms with E-state index in [2.05, 4.69) is 17.0 Å². The van der Waals surface area contributed by atoms with Crippen molar-refractivity contribution >= 4 is 5.91 Å². The van der Waals surface area contributed by atoms with Gasteiger partial charge in [-0.1, -0.05) is 30.3 Å². The Bertz CT molecular complexity index is 641. The molecule has 26 heavy (non-hydrogen) atoms. The van der Waals surface area contributed by atoms with Gasteiger partial charge < -0.3 is 9.80 Å². The number of likely N-dealkylation sites (tertiary alicyclic amines) is 2. The van der Waals surface area contributed by atoms with Gasteiger partial charge in [-0.3, -0.25) is 4.79 Å². The van der Waals surface area contributed by atoms with Gasteiger partial charge in [0.15, 0.2) is 0 Å². The molecule has 0 radical (unpaired) electrons. The van der Waals surface area contributed by atoms with Gasteiger partial charge >= 0.3 is 0 Å². The number of amides is 1. The number of nitrogens with zero attached hydrogens (tertiary/aromatic N) is 2. The molecule has 2 aliphatic heterocycles. The number of hydrogen-bond acceptors (Lipinski definition) is 2. The highest BCUT2D eigenvalue weighted by Crippen LogP contribution is 2.45. The summed E-state index contributed by atoms with van der Waals surface area (Å²) < 4.78 is 26.8. The average Bonchev–Trinajstić information content (AvgIpc) is 3.14. The molecule has 0 N–H and O–H groups in total. The molecule has 1 amide bonds. The van der Waals surface area contributed by atoms with E-state index in [4.69, 9.17) is 0 Å². The molecule has 1 aliphatic carbocycles. The fraction of sp³-hybridized carbons (Fsp3) is 0.667. The molecule has 1 saturated carbocycles. The minimum Gasteiger partial charge on any atom is -0.335 e. The van der Waals surface area contributed by atoms with Crippen LogP contribution in [0, 0.1) is 17.8 Å². The van der Waals surface area contributed by atoms with Gasteiger partial charge in [0.05, 0.1) is 6.04 Å².